The molecule has 2 heterocycles. The van der Waals surface area contributed by atoms with Gasteiger partial charge in [-0.25, -0.2) is 0 Å². The molecule has 0 bridgehead atoms. The smallest absolute Gasteiger partial charge is 0.293 e. The van der Waals surface area contributed by atoms with Gasteiger partial charge >= 0.3 is 0 Å². The van der Waals surface area contributed by atoms with Gasteiger partial charge < -0.3 is 16.0 Å². The Bertz CT molecular complexity index is 854. The summed E-state index contributed by atoms with van der Waals surface area (Å²) in [5, 5.41) is 21.0. The van der Waals surface area contributed by atoms with Crippen molar-refractivity contribution in [3.63, 3.8) is 0 Å². The van der Waals surface area contributed by atoms with Crippen molar-refractivity contribution in [3.8, 4) is 0 Å². The molecule has 1 fully saturated rings. The lowest BCUT2D eigenvalue weighted by atomic mass is 9.95. The van der Waals surface area contributed by atoms with Crippen LogP contribution in [0.3, 0.4) is 0 Å². The molecule has 1 aromatic carbocycles. The van der Waals surface area contributed by atoms with Crippen LogP contribution in [-0.2, 0) is 0 Å². The Morgan fingerprint density at radius 2 is 2.07 bits per heavy atom. The van der Waals surface area contributed by atoms with Gasteiger partial charge in [0.05, 0.1) is 16.7 Å². The van der Waals surface area contributed by atoms with Crippen LogP contribution in [0, 0.1) is 16.0 Å². The molecule has 8 nitrogen and oxygen atoms in total. The summed E-state index contributed by atoms with van der Waals surface area (Å²) < 4.78 is 0. The predicted molar refractivity (Wildman–Crippen MR) is 122 cm³/mol. The lowest BCUT2D eigenvalue weighted by Crippen LogP contribution is -2.48. The van der Waals surface area contributed by atoms with Crippen LogP contribution in [0.25, 0.3) is 0 Å². The monoisotopic (exact) mass is 455 g/mol. The van der Waals surface area contributed by atoms with Gasteiger partial charge in [-0.2, -0.15) is 0 Å². The Hall–Kier alpha value is -2.42. The van der Waals surface area contributed by atoms with Crippen LogP contribution in [-0.4, -0.2) is 34.9 Å². The molecule has 0 saturated carbocycles. The van der Waals surface area contributed by atoms with E-state index in [9.17, 15) is 14.9 Å². The predicted octanol–water partition coefficient (Wildman–Crippen LogP) is 3.73. The first-order valence-corrected chi connectivity index (χ1v) is 9.43. The first-order chi connectivity index (χ1) is 13.5. The number of pyridine rings is 1. The Morgan fingerprint density at radius 1 is 1.30 bits per heavy atom. The van der Waals surface area contributed by atoms with Gasteiger partial charge in [0, 0.05) is 23.9 Å². The molecule has 3 unspecified atom stereocenters. The highest BCUT2D eigenvalue weighted by molar-refractivity contribution is 5.96. The van der Waals surface area contributed by atoms with E-state index in [1.807, 2.05) is 25.1 Å². The molecular formula is C20H27Cl2N5O3. The largest absolute Gasteiger partial charge is 0.371 e. The normalized spacial score (nSPS) is 18.9. The number of benzene rings is 1. The molecule has 0 aliphatic carbocycles. The zero-order valence-corrected chi connectivity index (χ0v) is 18.5. The number of nitro benzene ring substituents is 1. The molecule has 164 valence electrons. The quantitative estimate of drug-likeness (QED) is 0.452. The summed E-state index contributed by atoms with van der Waals surface area (Å²) in [6, 6.07) is 9.91. The molecular weight excluding hydrogens is 429 g/mol. The summed E-state index contributed by atoms with van der Waals surface area (Å²) in [5.41, 5.74) is 1.29. The molecule has 1 saturated heterocycles. The maximum Gasteiger partial charge on any atom is 0.293 e. The maximum atomic E-state index is 12.6. The zero-order chi connectivity index (χ0) is 20.1. The van der Waals surface area contributed by atoms with Gasteiger partial charge in [0.1, 0.15) is 5.69 Å². The van der Waals surface area contributed by atoms with Crippen LogP contribution in [0.4, 0.5) is 11.4 Å². The van der Waals surface area contributed by atoms with E-state index in [1.165, 1.54) is 6.07 Å². The van der Waals surface area contributed by atoms with Gasteiger partial charge in [0.15, 0.2) is 0 Å². The number of carbonyl (C=O) groups is 1. The van der Waals surface area contributed by atoms with Gasteiger partial charge in [-0.05, 0) is 56.6 Å². The van der Waals surface area contributed by atoms with E-state index in [0.717, 1.165) is 25.2 Å². The summed E-state index contributed by atoms with van der Waals surface area (Å²) >= 11 is 0. The van der Waals surface area contributed by atoms with Crippen LogP contribution < -0.4 is 16.0 Å². The van der Waals surface area contributed by atoms with E-state index in [0.29, 0.717) is 11.6 Å². The molecule has 3 atom stereocenters. The minimum atomic E-state index is -0.475. The second-order valence-electron chi connectivity index (χ2n) is 7.16. The lowest BCUT2D eigenvalue weighted by Gasteiger charge is -2.30. The molecule has 0 radical (unpaired) electrons. The highest BCUT2D eigenvalue weighted by Gasteiger charge is 2.25. The minimum Gasteiger partial charge on any atom is -0.371 e. The first kappa shape index (κ1) is 25.6. The number of hydrogen-bond donors (Lipinski definition) is 3. The second-order valence-corrected chi connectivity index (χ2v) is 7.16. The molecule has 3 N–H and O–H groups in total. The average molecular weight is 456 g/mol. The summed E-state index contributed by atoms with van der Waals surface area (Å²) in [6.07, 6.45) is 2.52. The Morgan fingerprint density at radius 3 is 2.70 bits per heavy atom. The number of halogens is 2. The SMILES string of the molecule is CC(Nc1ccc(C(=O)NC2CCNCC2C)cc1[N+](=O)[O-])c1ccccn1.Cl.Cl. The van der Waals surface area contributed by atoms with Gasteiger partial charge in [-0.3, -0.25) is 19.9 Å². The van der Waals surface area contributed by atoms with E-state index >= 15 is 0 Å². The van der Waals surface area contributed by atoms with Crippen molar-refractivity contribution >= 4 is 42.1 Å². The minimum absolute atomic E-state index is 0. The number of hydrogen-bond acceptors (Lipinski definition) is 6. The van der Waals surface area contributed by atoms with Crippen LogP contribution in [0.1, 0.15) is 42.4 Å². The summed E-state index contributed by atoms with van der Waals surface area (Å²) in [6.45, 7) is 5.65. The summed E-state index contributed by atoms with van der Waals surface area (Å²) in [5.74, 6) is 0.0269. The highest BCUT2D eigenvalue weighted by Crippen LogP contribution is 2.29. The van der Waals surface area contributed by atoms with Gasteiger partial charge in [0.2, 0.25) is 0 Å². The van der Waals surface area contributed by atoms with Crippen molar-refractivity contribution < 1.29 is 9.72 Å². The standard InChI is InChI=1S/C20H25N5O3.2ClH/c1-13-12-21-10-8-16(13)24-20(26)15-6-7-18(19(11-15)25(27)28)23-14(2)17-5-3-4-9-22-17;;/h3-7,9,11,13-14,16,21,23H,8,10,12H2,1-2H3,(H,24,26);2*1H. The third-order valence-corrected chi connectivity index (χ3v) is 5.06. The van der Waals surface area contributed by atoms with Crippen LogP contribution in [0.15, 0.2) is 42.6 Å². The molecule has 2 aromatic rings. The number of nitro groups is 1. The number of anilines is 1. The van der Waals surface area contributed by atoms with Crippen LogP contribution in [0.5, 0.6) is 0 Å². The number of amides is 1. The fourth-order valence-electron chi connectivity index (χ4n) is 3.37. The maximum absolute atomic E-state index is 12.6. The zero-order valence-electron chi connectivity index (χ0n) is 16.8. The molecule has 30 heavy (non-hydrogen) atoms. The van der Waals surface area contributed by atoms with Gasteiger partial charge in [-0.15, -0.1) is 24.8 Å². The number of piperidine rings is 1. The van der Waals surface area contributed by atoms with Crippen molar-refractivity contribution in [3.05, 3.63) is 64.0 Å². The van der Waals surface area contributed by atoms with E-state index in [-0.39, 0.29) is 54.1 Å². The first-order valence-electron chi connectivity index (χ1n) is 9.43. The number of aromatic nitrogens is 1. The van der Waals surface area contributed by atoms with Crippen molar-refractivity contribution in [2.45, 2.75) is 32.4 Å². The number of nitrogens with zero attached hydrogens (tertiary/aromatic N) is 2. The third kappa shape index (κ3) is 6.29. The summed E-state index contributed by atoms with van der Waals surface area (Å²) in [4.78, 5) is 28.0. The molecule has 1 aliphatic heterocycles. The van der Waals surface area contributed by atoms with E-state index < -0.39 is 4.92 Å². The molecule has 3 rings (SSSR count). The molecule has 1 amide bonds. The second kappa shape index (κ2) is 11.7. The number of rotatable bonds is 6. The Labute approximate surface area is 188 Å². The van der Waals surface area contributed by atoms with Gasteiger partial charge in [-0.1, -0.05) is 13.0 Å². The molecule has 1 aliphatic rings. The van der Waals surface area contributed by atoms with Crippen LogP contribution in [0.2, 0.25) is 0 Å². The molecule has 0 spiro atoms. The van der Waals surface area contributed by atoms with Crippen molar-refractivity contribution in [2.75, 3.05) is 18.4 Å². The van der Waals surface area contributed by atoms with E-state index in [1.54, 1.807) is 18.3 Å². The number of nitrogens with one attached hydrogen (secondary N) is 3. The Balaban J connectivity index is 0.00000225. The van der Waals surface area contributed by atoms with Crippen molar-refractivity contribution in [1.29, 1.82) is 0 Å². The average Bonchev–Trinajstić information content (AvgIpc) is 2.70. The number of carbonyl (C=O) groups excluding carboxylic acids is 1. The van der Waals surface area contributed by atoms with Gasteiger partial charge in [0.25, 0.3) is 11.6 Å². The lowest BCUT2D eigenvalue weighted by molar-refractivity contribution is -0.384. The molecule has 1 aromatic heterocycles. The fourth-order valence-corrected chi connectivity index (χ4v) is 3.37. The van der Waals surface area contributed by atoms with E-state index in [4.69, 9.17) is 0 Å². The fraction of sp³-hybridized carbons (Fsp3) is 0.400. The highest BCUT2D eigenvalue weighted by atomic mass is 35.5. The van der Waals surface area contributed by atoms with Crippen molar-refractivity contribution in [2.24, 2.45) is 5.92 Å². The van der Waals surface area contributed by atoms with Crippen LogP contribution >= 0.6 is 24.8 Å². The van der Waals surface area contributed by atoms with E-state index in [2.05, 4.69) is 27.9 Å². The Kier molecular flexibility index (Phi) is 9.98. The third-order valence-electron chi connectivity index (χ3n) is 5.06. The summed E-state index contributed by atoms with van der Waals surface area (Å²) in [7, 11) is 0. The van der Waals surface area contributed by atoms with Crippen molar-refractivity contribution in [1.82, 2.24) is 15.6 Å². The topological polar surface area (TPSA) is 109 Å². The molecule has 10 heteroatoms.